The third kappa shape index (κ3) is 4.80. The van der Waals surface area contributed by atoms with Gasteiger partial charge in [-0.25, -0.2) is 9.18 Å². The second-order valence-corrected chi connectivity index (χ2v) is 5.75. The Morgan fingerprint density at radius 3 is 2.73 bits per heavy atom. The van der Waals surface area contributed by atoms with Gasteiger partial charge in [0.2, 0.25) is 0 Å². The zero-order valence-electron chi connectivity index (χ0n) is 12.8. The van der Waals surface area contributed by atoms with E-state index in [4.69, 9.17) is 9.15 Å². The number of carbonyl (C=O) groups is 1. The van der Waals surface area contributed by atoms with Crippen molar-refractivity contribution >= 4 is 17.5 Å². The summed E-state index contributed by atoms with van der Waals surface area (Å²) in [6.07, 6.45) is 0.881. The van der Waals surface area contributed by atoms with E-state index in [1.165, 1.54) is 12.1 Å². The Balaban J connectivity index is 2.01. The van der Waals surface area contributed by atoms with Crippen LogP contribution in [0.2, 0.25) is 0 Å². The van der Waals surface area contributed by atoms with Crippen LogP contribution in [0.5, 0.6) is 0 Å². The number of benzene rings is 1. The van der Waals surface area contributed by atoms with E-state index < -0.39 is 17.5 Å². The van der Waals surface area contributed by atoms with Crippen LogP contribution in [0.3, 0.4) is 0 Å². The van der Waals surface area contributed by atoms with Crippen LogP contribution in [0.1, 0.15) is 26.5 Å². The third-order valence-electron chi connectivity index (χ3n) is 2.65. The summed E-state index contributed by atoms with van der Waals surface area (Å²) in [5, 5.41) is 5.48. The van der Waals surface area contributed by atoms with Crippen molar-refractivity contribution in [2.45, 2.75) is 32.9 Å². The van der Waals surface area contributed by atoms with E-state index in [-0.39, 0.29) is 5.69 Å². The number of anilines is 2. The summed E-state index contributed by atoms with van der Waals surface area (Å²) in [6.45, 7) is 5.68. The second-order valence-electron chi connectivity index (χ2n) is 5.75. The van der Waals surface area contributed by atoms with Crippen LogP contribution in [-0.4, -0.2) is 11.7 Å². The van der Waals surface area contributed by atoms with Gasteiger partial charge in [-0.05, 0) is 51.1 Å². The number of furan rings is 1. The monoisotopic (exact) mass is 306 g/mol. The quantitative estimate of drug-likeness (QED) is 0.880. The second kappa shape index (κ2) is 6.51. The molecule has 2 N–H and O–H groups in total. The van der Waals surface area contributed by atoms with Gasteiger partial charge in [0.15, 0.2) is 0 Å². The number of carbonyl (C=O) groups excluding carboxylic acids is 1. The molecule has 1 aromatic carbocycles. The Hall–Kier alpha value is -2.50. The van der Waals surface area contributed by atoms with E-state index in [9.17, 15) is 9.18 Å². The van der Waals surface area contributed by atoms with Crippen LogP contribution < -0.4 is 10.6 Å². The zero-order chi connectivity index (χ0) is 16.2. The lowest BCUT2D eigenvalue weighted by Gasteiger charge is -2.20. The Bertz CT molecular complexity index is 633. The predicted octanol–water partition coefficient (Wildman–Crippen LogP) is 4.38. The maximum absolute atomic E-state index is 13.8. The number of nitrogens with one attached hydrogen (secondary N) is 2. The Morgan fingerprint density at radius 2 is 2.09 bits per heavy atom. The average Bonchev–Trinajstić information content (AvgIpc) is 2.90. The van der Waals surface area contributed by atoms with E-state index in [2.05, 4.69) is 10.6 Å². The zero-order valence-corrected chi connectivity index (χ0v) is 12.8. The van der Waals surface area contributed by atoms with Gasteiger partial charge < -0.3 is 14.5 Å². The number of ether oxygens (including phenoxy) is 1. The van der Waals surface area contributed by atoms with Gasteiger partial charge in [0.25, 0.3) is 0 Å². The topological polar surface area (TPSA) is 63.5 Å². The highest BCUT2D eigenvalue weighted by molar-refractivity contribution is 5.85. The minimum absolute atomic E-state index is 0.0543. The summed E-state index contributed by atoms with van der Waals surface area (Å²) in [5.41, 5.74) is 0.0675. The van der Waals surface area contributed by atoms with Crippen molar-refractivity contribution in [3.05, 3.63) is 48.2 Å². The molecule has 1 heterocycles. The molecule has 0 saturated carbocycles. The summed E-state index contributed by atoms with van der Waals surface area (Å²) >= 11 is 0. The number of halogens is 1. The molecule has 0 aliphatic heterocycles. The lowest BCUT2D eigenvalue weighted by atomic mass is 10.2. The van der Waals surface area contributed by atoms with Crippen LogP contribution in [-0.2, 0) is 11.3 Å². The summed E-state index contributed by atoms with van der Waals surface area (Å²) in [4.78, 5) is 11.7. The van der Waals surface area contributed by atoms with Crippen molar-refractivity contribution in [3.63, 3.8) is 0 Å². The number of rotatable bonds is 4. The van der Waals surface area contributed by atoms with Crippen LogP contribution in [0, 0.1) is 5.82 Å². The highest BCUT2D eigenvalue weighted by Crippen LogP contribution is 2.21. The molecular formula is C16H19FN2O3. The van der Waals surface area contributed by atoms with Crippen molar-refractivity contribution in [2.24, 2.45) is 0 Å². The van der Waals surface area contributed by atoms with Crippen molar-refractivity contribution in [3.8, 4) is 0 Å². The van der Waals surface area contributed by atoms with E-state index in [0.717, 1.165) is 5.76 Å². The van der Waals surface area contributed by atoms with Gasteiger partial charge in [-0.1, -0.05) is 0 Å². The van der Waals surface area contributed by atoms with Gasteiger partial charge in [0.1, 0.15) is 17.2 Å². The van der Waals surface area contributed by atoms with Crippen molar-refractivity contribution in [1.82, 2.24) is 0 Å². The fraction of sp³-hybridized carbons (Fsp3) is 0.312. The maximum atomic E-state index is 13.8. The fourth-order valence-electron chi connectivity index (χ4n) is 1.75. The van der Waals surface area contributed by atoms with Crippen LogP contribution in [0.4, 0.5) is 20.6 Å². The summed E-state index contributed by atoms with van der Waals surface area (Å²) in [5.74, 6) is 0.223. The smallest absolute Gasteiger partial charge is 0.412 e. The van der Waals surface area contributed by atoms with Gasteiger partial charge >= 0.3 is 6.09 Å². The fourth-order valence-corrected chi connectivity index (χ4v) is 1.75. The first-order valence-electron chi connectivity index (χ1n) is 6.89. The average molecular weight is 306 g/mol. The van der Waals surface area contributed by atoms with E-state index in [1.807, 2.05) is 6.07 Å². The number of amides is 1. The van der Waals surface area contributed by atoms with Gasteiger partial charge in [-0.3, -0.25) is 5.32 Å². The van der Waals surface area contributed by atoms with Gasteiger partial charge in [0, 0.05) is 5.69 Å². The van der Waals surface area contributed by atoms with E-state index in [0.29, 0.717) is 12.2 Å². The Labute approximate surface area is 128 Å². The van der Waals surface area contributed by atoms with Crippen molar-refractivity contribution in [2.75, 3.05) is 10.6 Å². The summed E-state index contributed by atoms with van der Waals surface area (Å²) in [6, 6.07) is 7.98. The highest BCUT2D eigenvalue weighted by atomic mass is 19.1. The molecule has 0 aliphatic rings. The molecule has 0 bridgehead atoms. The molecule has 5 nitrogen and oxygen atoms in total. The molecule has 1 amide bonds. The molecule has 0 atom stereocenters. The predicted molar refractivity (Wildman–Crippen MR) is 82.3 cm³/mol. The van der Waals surface area contributed by atoms with Crippen molar-refractivity contribution < 1.29 is 18.3 Å². The Morgan fingerprint density at radius 1 is 1.32 bits per heavy atom. The molecule has 2 aromatic rings. The van der Waals surface area contributed by atoms with Crippen LogP contribution >= 0.6 is 0 Å². The Kier molecular flexibility index (Phi) is 4.70. The molecule has 0 spiro atoms. The van der Waals surface area contributed by atoms with Gasteiger partial charge in [-0.2, -0.15) is 0 Å². The molecule has 1 aromatic heterocycles. The van der Waals surface area contributed by atoms with Crippen LogP contribution in [0.25, 0.3) is 0 Å². The number of hydrogen-bond donors (Lipinski definition) is 2. The lowest BCUT2D eigenvalue weighted by molar-refractivity contribution is 0.0635. The first-order valence-corrected chi connectivity index (χ1v) is 6.89. The lowest BCUT2D eigenvalue weighted by Crippen LogP contribution is -2.27. The third-order valence-corrected chi connectivity index (χ3v) is 2.65. The summed E-state index contributed by atoms with van der Waals surface area (Å²) < 4.78 is 24.1. The van der Waals surface area contributed by atoms with Gasteiger partial charge in [0.05, 0.1) is 18.5 Å². The molecule has 0 saturated heterocycles. The normalized spacial score (nSPS) is 11.1. The maximum Gasteiger partial charge on any atom is 0.412 e. The standard InChI is InChI=1S/C16H19FN2O3/c1-16(2,3)22-15(20)19-14-9-11(6-7-13(14)17)18-10-12-5-4-8-21-12/h4-9,18H,10H2,1-3H3,(H,19,20). The molecule has 118 valence electrons. The molecule has 2 rings (SSSR count). The minimum atomic E-state index is -0.699. The highest BCUT2D eigenvalue weighted by Gasteiger charge is 2.17. The number of hydrogen-bond acceptors (Lipinski definition) is 4. The van der Waals surface area contributed by atoms with Crippen molar-refractivity contribution in [1.29, 1.82) is 0 Å². The minimum Gasteiger partial charge on any atom is -0.467 e. The molecule has 6 heteroatoms. The SMILES string of the molecule is CC(C)(C)OC(=O)Nc1cc(NCc2ccco2)ccc1F. The van der Waals surface area contributed by atoms with Gasteiger partial charge in [-0.15, -0.1) is 0 Å². The molecule has 0 aliphatic carbocycles. The molecular weight excluding hydrogens is 287 g/mol. The molecule has 0 unspecified atom stereocenters. The largest absolute Gasteiger partial charge is 0.467 e. The molecule has 22 heavy (non-hydrogen) atoms. The molecule has 0 radical (unpaired) electrons. The molecule has 0 fully saturated rings. The summed E-state index contributed by atoms with van der Waals surface area (Å²) in [7, 11) is 0. The first kappa shape index (κ1) is 15.9. The first-order chi connectivity index (χ1) is 10.3. The van der Waals surface area contributed by atoms with E-state index in [1.54, 1.807) is 39.2 Å². The van der Waals surface area contributed by atoms with Crippen LogP contribution in [0.15, 0.2) is 41.0 Å². The van der Waals surface area contributed by atoms with E-state index >= 15 is 0 Å².